The van der Waals surface area contributed by atoms with Crippen molar-refractivity contribution in [2.24, 2.45) is 0 Å². The van der Waals surface area contributed by atoms with Gasteiger partial charge in [0.15, 0.2) is 4.32 Å². The second-order valence-electron chi connectivity index (χ2n) is 4.67. The number of hydrazine groups is 1. The number of thiocarbonyl (C=S) groups is 1. The minimum absolute atomic E-state index is 0.283. The van der Waals surface area contributed by atoms with Gasteiger partial charge < -0.3 is 4.74 Å². The standard InChI is InChI=1S/C16H12N2O3S3/c1-21-12-7-3-2-6-11(12)14(19)17-18-15(20)13(24-16(18)22)9-10-5-4-8-23-10/h2-9H,1H3,(H,17,19)/b13-9-. The zero-order valence-electron chi connectivity index (χ0n) is 12.5. The van der Waals surface area contributed by atoms with E-state index < -0.39 is 5.91 Å². The average Bonchev–Trinajstić information content (AvgIpc) is 3.19. The monoisotopic (exact) mass is 376 g/mol. The van der Waals surface area contributed by atoms with Crippen molar-refractivity contribution in [3.05, 3.63) is 57.1 Å². The van der Waals surface area contributed by atoms with Crippen LogP contribution in [0.15, 0.2) is 46.7 Å². The molecule has 1 aromatic heterocycles. The topological polar surface area (TPSA) is 58.6 Å². The molecule has 122 valence electrons. The van der Waals surface area contributed by atoms with Gasteiger partial charge in [0, 0.05) is 4.88 Å². The minimum Gasteiger partial charge on any atom is -0.496 e. The van der Waals surface area contributed by atoms with E-state index in [1.54, 1.807) is 30.3 Å². The van der Waals surface area contributed by atoms with Crippen molar-refractivity contribution >= 4 is 57.5 Å². The summed E-state index contributed by atoms with van der Waals surface area (Å²) in [6.45, 7) is 0. The lowest BCUT2D eigenvalue weighted by molar-refractivity contribution is -0.123. The zero-order chi connectivity index (χ0) is 17.1. The second kappa shape index (κ2) is 7.16. The number of nitrogens with one attached hydrogen (secondary N) is 1. The predicted octanol–water partition coefficient (Wildman–Crippen LogP) is 3.30. The van der Waals surface area contributed by atoms with E-state index in [2.05, 4.69) is 5.43 Å². The largest absolute Gasteiger partial charge is 0.496 e. The Morgan fingerprint density at radius 2 is 2.08 bits per heavy atom. The smallest absolute Gasteiger partial charge is 0.285 e. The highest BCUT2D eigenvalue weighted by atomic mass is 32.2. The average molecular weight is 376 g/mol. The van der Waals surface area contributed by atoms with Crippen LogP contribution in [0.4, 0.5) is 0 Å². The molecule has 0 atom stereocenters. The zero-order valence-corrected chi connectivity index (χ0v) is 15.0. The molecule has 0 radical (unpaired) electrons. The molecule has 3 rings (SSSR count). The second-order valence-corrected chi connectivity index (χ2v) is 7.33. The number of thiophene rings is 1. The number of ether oxygens (including phenoxy) is 1. The predicted molar refractivity (Wildman–Crippen MR) is 99.8 cm³/mol. The van der Waals surface area contributed by atoms with Gasteiger partial charge in [0.2, 0.25) is 0 Å². The number of rotatable bonds is 4. The summed E-state index contributed by atoms with van der Waals surface area (Å²) >= 11 is 7.88. The number of thioether (sulfide) groups is 1. The minimum atomic E-state index is -0.457. The van der Waals surface area contributed by atoms with Gasteiger partial charge in [-0.15, -0.1) is 11.3 Å². The van der Waals surface area contributed by atoms with Crippen LogP contribution in [0.25, 0.3) is 6.08 Å². The molecular weight excluding hydrogens is 364 g/mol. The van der Waals surface area contributed by atoms with Gasteiger partial charge in [0.05, 0.1) is 17.6 Å². The number of carbonyl (C=O) groups excluding carboxylic acids is 2. The number of nitrogens with zero attached hydrogens (tertiary/aromatic N) is 1. The maximum Gasteiger partial charge on any atom is 0.285 e. The number of carbonyl (C=O) groups is 2. The van der Waals surface area contributed by atoms with Crippen molar-refractivity contribution in [3.63, 3.8) is 0 Å². The van der Waals surface area contributed by atoms with Gasteiger partial charge in [-0.3, -0.25) is 15.0 Å². The van der Waals surface area contributed by atoms with Gasteiger partial charge in [0.1, 0.15) is 5.75 Å². The lowest BCUT2D eigenvalue weighted by Crippen LogP contribution is -2.44. The first-order valence-corrected chi connectivity index (χ1v) is 8.96. The molecule has 8 heteroatoms. The molecule has 2 aromatic rings. The quantitative estimate of drug-likeness (QED) is 0.655. The molecule has 0 spiro atoms. The van der Waals surface area contributed by atoms with Crippen LogP contribution in [0.1, 0.15) is 15.2 Å². The summed E-state index contributed by atoms with van der Waals surface area (Å²) in [6.07, 6.45) is 1.76. The van der Waals surface area contributed by atoms with Crippen molar-refractivity contribution in [1.82, 2.24) is 10.4 Å². The Morgan fingerprint density at radius 3 is 2.79 bits per heavy atom. The molecule has 1 saturated heterocycles. The number of benzene rings is 1. The van der Waals surface area contributed by atoms with Crippen LogP contribution in [-0.4, -0.2) is 28.3 Å². The van der Waals surface area contributed by atoms with Crippen LogP contribution in [0.3, 0.4) is 0 Å². The normalized spacial score (nSPS) is 15.9. The molecule has 5 nitrogen and oxygen atoms in total. The van der Waals surface area contributed by atoms with Crippen molar-refractivity contribution in [2.45, 2.75) is 0 Å². The highest BCUT2D eigenvalue weighted by molar-refractivity contribution is 8.26. The fourth-order valence-electron chi connectivity index (χ4n) is 2.06. The molecule has 1 fully saturated rings. The van der Waals surface area contributed by atoms with Crippen LogP contribution in [0, 0.1) is 0 Å². The molecule has 1 aliphatic rings. The summed E-state index contributed by atoms with van der Waals surface area (Å²) in [4.78, 5) is 26.3. The fourth-order valence-corrected chi connectivity index (χ4v) is 3.96. The lowest BCUT2D eigenvalue weighted by Gasteiger charge is -2.16. The van der Waals surface area contributed by atoms with Crippen LogP contribution >= 0.6 is 35.3 Å². The molecule has 2 amide bonds. The van der Waals surface area contributed by atoms with E-state index in [4.69, 9.17) is 17.0 Å². The van der Waals surface area contributed by atoms with Crippen molar-refractivity contribution in [1.29, 1.82) is 0 Å². The summed E-state index contributed by atoms with van der Waals surface area (Å²) in [5.41, 5.74) is 2.87. The Balaban J connectivity index is 1.79. The Morgan fingerprint density at radius 1 is 1.29 bits per heavy atom. The molecular formula is C16H12N2O3S3. The summed E-state index contributed by atoms with van der Waals surface area (Å²) in [7, 11) is 1.48. The number of hydrogen-bond donors (Lipinski definition) is 1. The van der Waals surface area contributed by atoms with Crippen LogP contribution in [-0.2, 0) is 4.79 Å². The molecule has 24 heavy (non-hydrogen) atoms. The lowest BCUT2D eigenvalue weighted by atomic mass is 10.2. The van der Waals surface area contributed by atoms with Gasteiger partial charge in [-0.05, 0) is 41.9 Å². The summed E-state index contributed by atoms with van der Waals surface area (Å²) in [5.74, 6) is -0.377. The van der Waals surface area contributed by atoms with Gasteiger partial charge in [-0.2, -0.15) is 5.01 Å². The fraction of sp³-hybridized carbons (Fsp3) is 0.0625. The van der Waals surface area contributed by atoms with Gasteiger partial charge in [-0.25, -0.2) is 0 Å². The van der Waals surface area contributed by atoms with E-state index in [1.807, 2.05) is 17.5 Å². The maximum absolute atomic E-state index is 12.5. The first-order chi connectivity index (χ1) is 11.6. The molecule has 0 aliphatic carbocycles. The molecule has 0 bridgehead atoms. The third-order valence-electron chi connectivity index (χ3n) is 3.18. The first-order valence-electron chi connectivity index (χ1n) is 6.85. The molecule has 0 unspecified atom stereocenters. The number of methoxy groups -OCH3 is 1. The summed E-state index contributed by atoms with van der Waals surface area (Å²) < 4.78 is 5.45. The van der Waals surface area contributed by atoms with Gasteiger partial charge >= 0.3 is 0 Å². The van der Waals surface area contributed by atoms with E-state index >= 15 is 0 Å². The van der Waals surface area contributed by atoms with Crippen LogP contribution in [0.2, 0.25) is 0 Å². The molecule has 1 aromatic carbocycles. The Bertz CT molecular complexity index is 831. The first kappa shape index (κ1) is 16.7. The maximum atomic E-state index is 12.5. The van der Waals surface area contributed by atoms with E-state index in [0.717, 1.165) is 21.6 Å². The Hall–Kier alpha value is -2.16. The van der Waals surface area contributed by atoms with E-state index in [1.165, 1.54) is 18.4 Å². The third-order valence-corrected chi connectivity index (χ3v) is 5.30. The van der Waals surface area contributed by atoms with E-state index in [-0.39, 0.29) is 10.2 Å². The van der Waals surface area contributed by atoms with Crippen molar-refractivity contribution in [3.8, 4) is 5.75 Å². The van der Waals surface area contributed by atoms with Crippen LogP contribution < -0.4 is 10.2 Å². The van der Waals surface area contributed by atoms with Crippen LogP contribution in [0.5, 0.6) is 5.75 Å². The van der Waals surface area contributed by atoms with Crippen molar-refractivity contribution < 1.29 is 14.3 Å². The third kappa shape index (κ3) is 3.35. The molecule has 1 N–H and O–H groups in total. The number of amides is 2. The molecule has 0 saturated carbocycles. The summed E-state index contributed by atoms with van der Waals surface area (Å²) in [6, 6.07) is 10.6. The van der Waals surface area contributed by atoms with Gasteiger partial charge in [0.25, 0.3) is 11.8 Å². The number of hydrogen-bond acceptors (Lipinski definition) is 6. The highest BCUT2D eigenvalue weighted by Crippen LogP contribution is 2.32. The summed E-state index contributed by atoms with van der Waals surface area (Å²) in [5, 5.41) is 3.02. The molecule has 2 heterocycles. The highest BCUT2D eigenvalue weighted by Gasteiger charge is 2.34. The van der Waals surface area contributed by atoms with Gasteiger partial charge in [-0.1, -0.05) is 30.0 Å². The molecule has 1 aliphatic heterocycles. The number of para-hydroxylation sites is 1. The Kier molecular flexibility index (Phi) is 4.98. The van der Waals surface area contributed by atoms with Crippen molar-refractivity contribution in [2.75, 3.05) is 7.11 Å². The van der Waals surface area contributed by atoms with E-state index in [0.29, 0.717) is 16.2 Å². The van der Waals surface area contributed by atoms with E-state index in [9.17, 15) is 9.59 Å². The SMILES string of the molecule is COc1ccccc1C(=O)NN1C(=O)/C(=C/c2cccs2)SC1=S. The Labute approximate surface area is 152 Å².